The quantitative estimate of drug-likeness (QED) is 0.566. The number of benzene rings is 1. The zero-order valence-corrected chi connectivity index (χ0v) is 16.3. The van der Waals surface area contributed by atoms with E-state index in [1.165, 1.54) is 6.07 Å². The van der Waals surface area contributed by atoms with Gasteiger partial charge in [0.25, 0.3) is 0 Å². The van der Waals surface area contributed by atoms with Gasteiger partial charge in [-0.15, -0.1) is 0 Å². The van der Waals surface area contributed by atoms with Gasteiger partial charge in [-0.05, 0) is 56.7 Å². The molecule has 0 amide bonds. The lowest BCUT2D eigenvalue weighted by atomic mass is 9.96. The summed E-state index contributed by atoms with van der Waals surface area (Å²) in [6.45, 7) is 8.31. The van der Waals surface area contributed by atoms with Gasteiger partial charge in [0.1, 0.15) is 0 Å². The first kappa shape index (κ1) is 20.5. The van der Waals surface area contributed by atoms with Crippen LogP contribution in [0.4, 0.5) is 4.39 Å². The van der Waals surface area contributed by atoms with Gasteiger partial charge in [-0.2, -0.15) is 0 Å². The molecule has 1 N–H and O–H groups in total. The van der Waals surface area contributed by atoms with Crippen LogP contribution in [-0.4, -0.2) is 50.8 Å². The van der Waals surface area contributed by atoms with E-state index in [0.717, 1.165) is 63.0 Å². The smallest absolute Gasteiger partial charge is 0.193 e. The molecule has 0 spiro atoms. The van der Waals surface area contributed by atoms with Crippen molar-refractivity contribution in [1.82, 2.24) is 10.2 Å². The second-order valence-electron chi connectivity index (χ2n) is 6.63. The second kappa shape index (κ2) is 11.0. The summed E-state index contributed by atoms with van der Waals surface area (Å²) in [6, 6.07) is 5.04. The first-order valence-corrected chi connectivity index (χ1v) is 9.62. The summed E-state index contributed by atoms with van der Waals surface area (Å²) in [4.78, 5) is 6.82. The Bertz CT molecular complexity index is 574. The van der Waals surface area contributed by atoms with E-state index in [2.05, 4.69) is 29.2 Å². The Balaban J connectivity index is 1.93. The van der Waals surface area contributed by atoms with E-state index in [1.807, 2.05) is 13.0 Å². The van der Waals surface area contributed by atoms with Crippen molar-refractivity contribution in [3.8, 4) is 5.75 Å². The standard InChI is InChI=1S/C20H32FN3O2/c1-4-22-20(24(3)11-8-16-9-12-25-13-10-16)23-15-17-6-7-19(26-5-2)18(21)14-17/h6-7,14,16H,4-5,8-13,15H2,1-3H3,(H,22,23). The fourth-order valence-corrected chi connectivity index (χ4v) is 3.07. The SMILES string of the molecule is CCNC(=NCc1ccc(OCC)c(F)c1)N(C)CCC1CCOCC1. The Morgan fingerprint density at radius 2 is 2.12 bits per heavy atom. The van der Waals surface area contributed by atoms with Gasteiger partial charge >= 0.3 is 0 Å². The maximum Gasteiger partial charge on any atom is 0.193 e. The van der Waals surface area contributed by atoms with Crippen LogP contribution in [0.2, 0.25) is 0 Å². The number of halogens is 1. The molecular formula is C20H32FN3O2. The van der Waals surface area contributed by atoms with E-state index in [0.29, 0.717) is 18.9 Å². The topological polar surface area (TPSA) is 46.1 Å². The molecule has 1 aliphatic rings. The lowest BCUT2D eigenvalue weighted by Gasteiger charge is -2.26. The Morgan fingerprint density at radius 1 is 1.35 bits per heavy atom. The number of guanidine groups is 1. The predicted molar refractivity (Wildman–Crippen MR) is 103 cm³/mol. The Hall–Kier alpha value is -1.82. The molecular weight excluding hydrogens is 333 g/mol. The van der Waals surface area contributed by atoms with Crippen molar-refractivity contribution in [1.29, 1.82) is 0 Å². The molecule has 5 nitrogen and oxygen atoms in total. The number of ether oxygens (including phenoxy) is 2. The van der Waals surface area contributed by atoms with Gasteiger partial charge in [-0.1, -0.05) is 6.07 Å². The molecule has 1 fully saturated rings. The normalized spacial score (nSPS) is 15.8. The summed E-state index contributed by atoms with van der Waals surface area (Å²) in [5.41, 5.74) is 0.833. The summed E-state index contributed by atoms with van der Waals surface area (Å²) in [7, 11) is 2.06. The first-order chi connectivity index (χ1) is 12.6. The highest BCUT2D eigenvalue weighted by Crippen LogP contribution is 2.20. The van der Waals surface area contributed by atoms with Crippen LogP contribution < -0.4 is 10.1 Å². The molecule has 2 rings (SSSR count). The first-order valence-electron chi connectivity index (χ1n) is 9.62. The van der Waals surface area contributed by atoms with Crippen LogP contribution >= 0.6 is 0 Å². The molecule has 1 heterocycles. The Morgan fingerprint density at radius 3 is 2.77 bits per heavy atom. The number of nitrogens with zero attached hydrogens (tertiary/aromatic N) is 2. The van der Waals surface area contributed by atoms with E-state index in [4.69, 9.17) is 9.47 Å². The zero-order chi connectivity index (χ0) is 18.8. The fraction of sp³-hybridized carbons (Fsp3) is 0.650. The molecule has 0 saturated carbocycles. The molecule has 1 aliphatic heterocycles. The summed E-state index contributed by atoms with van der Waals surface area (Å²) < 4.78 is 24.7. The van der Waals surface area contributed by atoms with Gasteiger partial charge in [0, 0.05) is 33.4 Å². The monoisotopic (exact) mass is 365 g/mol. The molecule has 1 saturated heterocycles. The van der Waals surface area contributed by atoms with Gasteiger partial charge in [0.15, 0.2) is 17.5 Å². The molecule has 26 heavy (non-hydrogen) atoms. The second-order valence-corrected chi connectivity index (χ2v) is 6.63. The molecule has 1 aromatic rings. The van der Waals surface area contributed by atoms with Crippen molar-refractivity contribution >= 4 is 5.96 Å². The van der Waals surface area contributed by atoms with Crippen molar-refractivity contribution in [2.24, 2.45) is 10.9 Å². The van der Waals surface area contributed by atoms with Crippen molar-refractivity contribution in [3.63, 3.8) is 0 Å². The lowest BCUT2D eigenvalue weighted by Crippen LogP contribution is -2.40. The van der Waals surface area contributed by atoms with Gasteiger partial charge in [-0.3, -0.25) is 0 Å². The summed E-state index contributed by atoms with van der Waals surface area (Å²) in [5, 5.41) is 3.32. The van der Waals surface area contributed by atoms with E-state index in [1.54, 1.807) is 6.07 Å². The van der Waals surface area contributed by atoms with E-state index in [9.17, 15) is 4.39 Å². The predicted octanol–water partition coefficient (Wildman–Crippen LogP) is 3.44. The fourth-order valence-electron chi connectivity index (χ4n) is 3.07. The van der Waals surface area contributed by atoms with E-state index in [-0.39, 0.29) is 5.82 Å². The third-order valence-electron chi connectivity index (χ3n) is 4.62. The molecule has 0 unspecified atom stereocenters. The van der Waals surface area contributed by atoms with E-state index < -0.39 is 0 Å². The van der Waals surface area contributed by atoms with Gasteiger partial charge in [0.05, 0.1) is 13.2 Å². The highest BCUT2D eigenvalue weighted by atomic mass is 19.1. The average molecular weight is 365 g/mol. The van der Waals surface area contributed by atoms with Crippen LogP contribution in [0, 0.1) is 11.7 Å². The molecule has 0 aliphatic carbocycles. The van der Waals surface area contributed by atoms with Crippen molar-refractivity contribution < 1.29 is 13.9 Å². The zero-order valence-electron chi connectivity index (χ0n) is 16.3. The van der Waals surface area contributed by atoms with Crippen LogP contribution in [0.15, 0.2) is 23.2 Å². The van der Waals surface area contributed by atoms with Crippen LogP contribution in [0.25, 0.3) is 0 Å². The van der Waals surface area contributed by atoms with Crippen LogP contribution in [0.1, 0.15) is 38.7 Å². The molecule has 1 aromatic carbocycles. The number of nitrogens with one attached hydrogen (secondary N) is 1. The minimum Gasteiger partial charge on any atom is -0.491 e. The van der Waals surface area contributed by atoms with Crippen molar-refractivity contribution in [3.05, 3.63) is 29.6 Å². The van der Waals surface area contributed by atoms with Crippen LogP contribution in [0.3, 0.4) is 0 Å². The number of hydrogen-bond donors (Lipinski definition) is 1. The van der Waals surface area contributed by atoms with Crippen LogP contribution in [-0.2, 0) is 11.3 Å². The van der Waals surface area contributed by atoms with Gasteiger partial charge in [-0.25, -0.2) is 9.38 Å². The summed E-state index contributed by atoms with van der Waals surface area (Å²) in [6.07, 6.45) is 3.43. The molecule has 0 aromatic heterocycles. The molecule has 0 radical (unpaired) electrons. The minimum atomic E-state index is -0.336. The highest BCUT2D eigenvalue weighted by Gasteiger charge is 2.15. The minimum absolute atomic E-state index is 0.292. The molecule has 6 heteroatoms. The average Bonchev–Trinajstić information content (AvgIpc) is 2.66. The lowest BCUT2D eigenvalue weighted by molar-refractivity contribution is 0.0625. The molecule has 0 bridgehead atoms. The van der Waals surface area contributed by atoms with Gasteiger partial charge < -0.3 is 19.7 Å². The number of rotatable bonds is 8. The maximum atomic E-state index is 14.0. The molecule has 0 atom stereocenters. The Labute approximate surface area is 156 Å². The highest BCUT2D eigenvalue weighted by molar-refractivity contribution is 5.79. The third kappa shape index (κ3) is 6.48. The summed E-state index contributed by atoms with van der Waals surface area (Å²) >= 11 is 0. The molecule has 146 valence electrons. The van der Waals surface area contributed by atoms with Crippen molar-refractivity contribution in [2.45, 2.75) is 39.7 Å². The van der Waals surface area contributed by atoms with Crippen LogP contribution in [0.5, 0.6) is 5.75 Å². The van der Waals surface area contributed by atoms with Crippen molar-refractivity contribution in [2.75, 3.05) is 40.0 Å². The number of hydrogen-bond acceptors (Lipinski definition) is 3. The van der Waals surface area contributed by atoms with Gasteiger partial charge in [0.2, 0.25) is 0 Å². The number of aliphatic imine (C=N–C) groups is 1. The third-order valence-corrected chi connectivity index (χ3v) is 4.62. The maximum absolute atomic E-state index is 14.0. The largest absolute Gasteiger partial charge is 0.491 e. The summed E-state index contributed by atoms with van der Waals surface area (Å²) in [5.74, 6) is 1.54. The Kier molecular flexibility index (Phi) is 8.68. The van der Waals surface area contributed by atoms with E-state index >= 15 is 0 Å².